The Morgan fingerprint density at radius 2 is 2.17 bits per heavy atom. The lowest BCUT2D eigenvalue weighted by molar-refractivity contribution is -0.122. The summed E-state index contributed by atoms with van der Waals surface area (Å²) in [6.45, 7) is 7.57. The molecular formula is C16H19N3O2S2. The Morgan fingerprint density at radius 1 is 1.43 bits per heavy atom. The molecule has 0 aliphatic heterocycles. The third-order valence-corrected chi connectivity index (χ3v) is 4.89. The normalized spacial score (nSPS) is 11.7. The largest absolute Gasteiger partial charge is 0.481 e. The van der Waals surface area contributed by atoms with Gasteiger partial charge >= 0.3 is 0 Å². The number of hydrogen-bond donors (Lipinski definition) is 1. The van der Waals surface area contributed by atoms with Crippen molar-refractivity contribution in [3.63, 3.8) is 0 Å². The fraction of sp³-hybridized carbons (Fsp3) is 0.312. The summed E-state index contributed by atoms with van der Waals surface area (Å²) in [5, 5.41) is 11.2. The maximum absolute atomic E-state index is 12.3. The van der Waals surface area contributed by atoms with Crippen molar-refractivity contribution in [3.8, 4) is 5.75 Å². The minimum absolute atomic E-state index is 0.218. The number of amides is 1. The van der Waals surface area contributed by atoms with E-state index in [9.17, 15) is 4.79 Å². The highest BCUT2D eigenvalue weighted by molar-refractivity contribution is 8.01. The van der Waals surface area contributed by atoms with E-state index in [0.717, 1.165) is 15.7 Å². The Labute approximate surface area is 144 Å². The molecule has 1 aromatic heterocycles. The summed E-state index contributed by atoms with van der Waals surface area (Å²) in [5.41, 5.74) is 1.15. The first-order chi connectivity index (χ1) is 11.1. The van der Waals surface area contributed by atoms with E-state index in [4.69, 9.17) is 4.74 Å². The summed E-state index contributed by atoms with van der Waals surface area (Å²) < 4.78 is 6.55. The van der Waals surface area contributed by atoms with Crippen LogP contribution >= 0.6 is 23.1 Å². The Hall–Kier alpha value is -1.86. The summed E-state index contributed by atoms with van der Waals surface area (Å²) >= 11 is 2.87. The van der Waals surface area contributed by atoms with Gasteiger partial charge < -0.3 is 4.74 Å². The first kappa shape index (κ1) is 17.5. The van der Waals surface area contributed by atoms with Crippen LogP contribution in [-0.2, 0) is 4.79 Å². The Balaban J connectivity index is 1.95. The molecule has 1 aromatic carbocycles. The molecule has 1 amide bonds. The molecule has 1 N–H and O–H groups in total. The predicted octanol–water partition coefficient (Wildman–Crippen LogP) is 3.92. The van der Waals surface area contributed by atoms with Crippen molar-refractivity contribution in [2.75, 3.05) is 11.1 Å². The lowest BCUT2D eigenvalue weighted by Gasteiger charge is -2.16. The third-order valence-electron chi connectivity index (χ3n) is 2.92. The zero-order chi connectivity index (χ0) is 16.7. The molecule has 0 spiro atoms. The van der Waals surface area contributed by atoms with Gasteiger partial charge in [-0.15, -0.1) is 16.8 Å². The first-order valence-electron chi connectivity index (χ1n) is 7.23. The highest BCUT2D eigenvalue weighted by Crippen LogP contribution is 2.25. The molecule has 122 valence electrons. The van der Waals surface area contributed by atoms with Gasteiger partial charge in [-0.1, -0.05) is 53.8 Å². The van der Waals surface area contributed by atoms with Crippen LogP contribution in [-0.4, -0.2) is 28.0 Å². The molecule has 0 saturated heterocycles. The highest BCUT2D eigenvalue weighted by Gasteiger charge is 2.20. The molecular weight excluding hydrogens is 330 g/mol. The van der Waals surface area contributed by atoms with Crippen molar-refractivity contribution < 1.29 is 9.53 Å². The topological polar surface area (TPSA) is 64.1 Å². The van der Waals surface area contributed by atoms with Crippen LogP contribution in [0.5, 0.6) is 5.75 Å². The van der Waals surface area contributed by atoms with Crippen molar-refractivity contribution in [1.82, 2.24) is 10.2 Å². The Kier molecular flexibility index (Phi) is 6.61. The van der Waals surface area contributed by atoms with Gasteiger partial charge in [0.25, 0.3) is 5.91 Å². The second-order valence-electron chi connectivity index (χ2n) is 4.79. The molecule has 7 heteroatoms. The van der Waals surface area contributed by atoms with E-state index in [0.29, 0.717) is 17.3 Å². The van der Waals surface area contributed by atoms with Gasteiger partial charge in [-0.05, 0) is 25.5 Å². The second kappa shape index (κ2) is 8.69. The number of benzene rings is 1. The Bertz CT molecular complexity index is 656. The fourth-order valence-corrected chi connectivity index (χ4v) is 3.25. The quantitative estimate of drug-likeness (QED) is 0.444. The summed E-state index contributed by atoms with van der Waals surface area (Å²) in [4.78, 5) is 12.3. The number of rotatable bonds is 8. The van der Waals surface area contributed by atoms with Gasteiger partial charge in [0.1, 0.15) is 5.75 Å². The molecule has 23 heavy (non-hydrogen) atoms. The van der Waals surface area contributed by atoms with Gasteiger partial charge in [-0.25, -0.2) is 0 Å². The number of carbonyl (C=O) groups is 1. The van der Waals surface area contributed by atoms with Crippen LogP contribution in [0.25, 0.3) is 0 Å². The van der Waals surface area contributed by atoms with E-state index >= 15 is 0 Å². The van der Waals surface area contributed by atoms with Crippen LogP contribution in [0.4, 0.5) is 5.13 Å². The number of nitrogens with zero attached hydrogens (tertiary/aromatic N) is 2. The lowest BCUT2D eigenvalue weighted by atomic mass is 10.2. The number of nitrogens with one attached hydrogen (secondary N) is 1. The maximum atomic E-state index is 12.3. The number of aryl methyl sites for hydroxylation is 1. The van der Waals surface area contributed by atoms with E-state index in [2.05, 4.69) is 22.1 Å². The number of hydrogen-bond acceptors (Lipinski definition) is 6. The molecule has 0 fully saturated rings. The minimum Gasteiger partial charge on any atom is -0.481 e. The fourth-order valence-electron chi connectivity index (χ4n) is 1.74. The number of aromatic nitrogens is 2. The predicted molar refractivity (Wildman–Crippen MR) is 95.3 cm³/mol. The van der Waals surface area contributed by atoms with E-state index in [-0.39, 0.29) is 5.91 Å². The van der Waals surface area contributed by atoms with Crippen LogP contribution in [0.2, 0.25) is 0 Å². The van der Waals surface area contributed by atoms with Crippen molar-refractivity contribution in [2.24, 2.45) is 0 Å². The minimum atomic E-state index is -0.564. The molecule has 2 aromatic rings. The SMILES string of the molecule is C=CCSc1nnc(NC(=O)[C@@H](CC)Oc2ccc(C)cc2)s1. The average Bonchev–Trinajstić information content (AvgIpc) is 2.99. The van der Waals surface area contributed by atoms with Crippen molar-refractivity contribution in [3.05, 3.63) is 42.5 Å². The third kappa shape index (κ3) is 5.37. The second-order valence-corrected chi connectivity index (χ2v) is 7.03. The number of carbonyl (C=O) groups excluding carboxylic acids is 1. The van der Waals surface area contributed by atoms with E-state index in [1.54, 1.807) is 6.08 Å². The standard InChI is InChI=1S/C16H19N3O2S2/c1-4-10-22-16-19-18-15(23-16)17-14(20)13(5-2)21-12-8-6-11(3)7-9-12/h4,6-9,13H,1,5,10H2,2-3H3,(H,17,18,20)/t13-/m1/s1. The van der Waals surface area contributed by atoms with Crippen LogP contribution in [0, 0.1) is 6.92 Å². The summed E-state index contributed by atoms with van der Waals surface area (Å²) in [5.74, 6) is 1.22. The summed E-state index contributed by atoms with van der Waals surface area (Å²) in [7, 11) is 0. The first-order valence-corrected chi connectivity index (χ1v) is 9.04. The van der Waals surface area contributed by atoms with Crippen molar-refractivity contribution in [1.29, 1.82) is 0 Å². The molecule has 5 nitrogen and oxygen atoms in total. The van der Waals surface area contributed by atoms with Crippen molar-refractivity contribution in [2.45, 2.75) is 30.7 Å². The van der Waals surface area contributed by atoms with Crippen LogP contribution in [0.15, 0.2) is 41.3 Å². The van der Waals surface area contributed by atoms with Crippen LogP contribution in [0.3, 0.4) is 0 Å². The van der Waals surface area contributed by atoms with Gasteiger partial charge in [0.15, 0.2) is 10.4 Å². The average molecular weight is 349 g/mol. The van der Waals surface area contributed by atoms with Gasteiger partial charge in [-0.3, -0.25) is 10.1 Å². The smallest absolute Gasteiger partial charge is 0.267 e. The summed E-state index contributed by atoms with van der Waals surface area (Å²) in [6, 6.07) is 7.63. The summed E-state index contributed by atoms with van der Waals surface area (Å²) in [6.07, 6.45) is 1.80. The number of thioether (sulfide) groups is 1. The molecule has 0 saturated carbocycles. The van der Waals surface area contributed by atoms with Crippen molar-refractivity contribution >= 4 is 34.1 Å². The molecule has 0 aliphatic carbocycles. The molecule has 0 bridgehead atoms. The van der Waals surface area contributed by atoms with Crippen LogP contribution < -0.4 is 10.1 Å². The zero-order valence-corrected chi connectivity index (χ0v) is 14.7. The van der Waals surface area contributed by atoms with Gasteiger partial charge in [0.2, 0.25) is 5.13 Å². The molecule has 1 atom stereocenters. The van der Waals surface area contributed by atoms with E-state index in [1.807, 2.05) is 38.1 Å². The number of anilines is 1. The highest BCUT2D eigenvalue weighted by atomic mass is 32.2. The molecule has 0 aliphatic rings. The van der Waals surface area contributed by atoms with Gasteiger partial charge in [-0.2, -0.15) is 0 Å². The molecule has 2 rings (SSSR count). The molecule has 0 unspecified atom stereocenters. The maximum Gasteiger partial charge on any atom is 0.267 e. The van der Waals surface area contributed by atoms with E-state index < -0.39 is 6.10 Å². The molecule has 1 heterocycles. The number of ether oxygens (including phenoxy) is 1. The zero-order valence-electron chi connectivity index (χ0n) is 13.1. The monoisotopic (exact) mass is 349 g/mol. The van der Waals surface area contributed by atoms with Crippen LogP contribution in [0.1, 0.15) is 18.9 Å². The van der Waals surface area contributed by atoms with E-state index in [1.165, 1.54) is 23.1 Å². The lowest BCUT2D eigenvalue weighted by Crippen LogP contribution is -2.32. The van der Waals surface area contributed by atoms with Gasteiger partial charge in [0, 0.05) is 5.75 Å². The Morgan fingerprint density at radius 3 is 2.83 bits per heavy atom. The van der Waals surface area contributed by atoms with Gasteiger partial charge in [0.05, 0.1) is 0 Å². The molecule has 0 radical (unpaired) electrons.